The summed E-state index contributed by atoms with van der Waals surface area (Å²) in [6.07, 6.45) is 4.96. The van der Waals surface area contributed by atoms with E-state index in [0.29, 0.717) is 11.5 Å². The molecule has 1 saturated carbocycles. The summed E-state index contributed by atoms with van der Waals surface area (Å²) in [4.78, 5) is 11.0. The smallest absolute Gasteiger partial charge is 0.153 e. The molecule has 0 N–H and O–H groups in total. The number of aromatic nitrogens is 2. The molecule has 1 aliphatic carbocycles. The van der Waals surface area contributed by atoms with Crippen LogP contribution in [0, 0.1) is 0 Å². The maximum atomic E-state index is 11.0. The van der Waals surface area contributed by atoms with Gasteiger partial charge in [0.25, 0.3) is 0 Å². The van der Waals surface area contributed by atoms with Crippen LogP contribution >= 0.6 is 0 Å². The fourth-order valence-electron chi connectivity index (χ4n) is 2.03. The van der Waals surface area contributed by atoms with Crippen LogP contribution in [0.5, 0.6) is 5.75 Å². The molecule has 4 nitrogen and oxygen atoms in total. The second-order valence-corrected chi connectivity index (χ2v) is 4.50. The van der Waals surface area contributed by atoms with Gasteiger partial charge in [0.05, 0.1) is 24.1 Å². The Bertz CT molecular complexity index is 568. The monoisotopic (exact) mass is 242 g/mol. The standard InChI is InChI=1S/C14H14N2O2/c1-18-13-6-4-12(5-7-13)16-8-11(9-17)14(15-16)10-2-3-10/h4-10H,2-3H2,1H3. The molecule has 0 amide bonds. The predicted octanol–water partition coefficient (Wildman–Crippen LogP) is 2.57. The molecule has 0 aliphatic heterocycles. The van der Waals surface area contributed by atoms with Crippen LogP contribution in [0.3, 0.4) is 0 Å². The Labute approximate surface area is 105 Å². The molecule has 0 bridgehead atoms. The molecule has 1 heterocycles. The Hall–Kier alpha value is -2.10. The van der Waals surface area contributed by atoms with Crippen molar-refractivity contribution >= 4 is 6.29 Å². The number of carbonyl (C=O) groups is 1. The number of hydrogen-bond donors (Lipinski definition) is 0. The quantitative estimate of drug-likeness (QED) is 0.774. The largest absolute Gasteiger partial charge is 0.497 e. The Balaban J connectivity index is 1.97. The Morgan fingerprint density at radius 1 is 1.33 bits per heavy atom. The van der Waals surface area contributed by atoms with Gasteiger partial charge in [-0.1, -0.05) is 0 Å². The van der Waals surface area contributed by atoms with Crippen LogP contribution in [0.2, 0.25) is 0 Å². The molecule has 18 heavy (non-hydrogen) atoms. The number of ether oxygens (including phenoxy) is 1. The highest BCUT2D eigenvalue weighted by atomic mass is 16.5. The summed E-state index contributed by atoms with van der Waals surface area (Å²) in [5, 5.41) is 4.51. The molecule has 92 valence electrons. The van der Waals surface area contributed by atoms with E-state index < -0.39 is 0 Å². The van der Waals surface area contributed by atoms with E-state index in [4.69, 9.17) is 4.74 Å². The highest BCUT2D eigenvalue weighted by Gasteiger charge is 2.29. The minimum absolute atomic E-state index is 0.477. The van der Waals surface area contributed by atoms with Crippen molar-refractivity contribution in [3.63, 3.8) is 0 Å². The van der Waals surface area contributed by atoms with E-state index in [9.17, 15) is 4.79 Å². The van der Waals surface area contributed by atoms with Crippen molar-refractivity contribution in [3.05, 3.63) is 41.7 Å². The summed E-state index contributed by atoms with van der Waals surface area (Å²) < 4.78 is 6.88. The Kier molecular flexibility index (Phi) is 2.63. The van der Waals surface area contributed by atoms with Gasteiger partial charge in [-0.2, -0.15) is 5.10 Å². The van der Waals surface area contributed by atoms with Crippen LogP contribution in [0.4, 0.5) is 0 Å². The predicted molar refractivity (Wildman–Crippen MR) is 67.5 cm³/mol. The van der Waals surface area contributed by atoms with Crippen molar-refractivity contribution in [2.45, 2.75) is 18.8 Å². The van der Waals surface area contributed by atoms with Gasteiger partial charge in [-0.25, -0.2) is 4.68 Å². The van der Waals surface area contributed by atoms with E-state index in [1.807, 2.05) is 24.3 Å². The van der Waals surface area contributed by atoms with Gasteiger partial charge < -0.3 is 4.74 Å². The fourth-order valence-corrected chi connectivity index (χ4v) is 2.03. The molecule has 0 spiro atoms. The zero-order valence-corrected chi connectivity index (χ0v) is 10.2. The van der Waals surface area contributed by atoms with Gasteiger partial charge in [-0.05, 0) is 37.1 Å². The van der Waals surface area contributed by atoms with Gasteiger partial charge in [-0.3, -0.25) is 4.79 Å². The van der Waals surface area contributed by atoms with E-state index in [1.165, 1.54) is 0 Å². The second kappa shape index (κ2) is 4.29. The van der Waals surface area contributed by atoms with Crippen LogP contribution in [0.15, 0.2) is 30.5 Å². The van der Waals surface area contributed by atoms with Crippen molar-refractivity contribution < 1.29 is 9.53 Å². The number of methoxy groups -OCH3 is 1. The summed E-state index contributed by atoms with van der Waals surface area (Å²) in [6, 6.07) is 7.62. The number of carbonyl (C=O) groups excluding carboxylic acids is 1. The van der Waals surface area contributed by atoms with Crippen molar-refractivity contribution in [2.75, 3.05) is 7.11 Å². The van der Waals surface area contributed by atoms with Gasteiger partial charge in [0.1, 0.15) is 5.75 Å². The molecule has 2 aromatic rings. The molecular formula is C14H14N2O2. The van der Waals surface area contributed by atoms with Gasteiger partial charge >= 0.3 is 0 Å². The van der Waals surface area contributed by atoms with E-state index in [1.54, 1.807) is 18.0 Å². The molecule has 1 aromatic carbocycles. The Morgan fingerprint density at radius 3 is 2.61 bits per heavy atom. The lowest BCUT2D eigenvalue weighted by Crippen LogP contribution is -1.95. The van der Waals surface area contributed by atoms with Crippen molar-refractivity contribution in [1.82, 2.24) is 9.78 Å². The third-order valence-corrected chi connectivity index (χ3v) is 3.20. The molecule has 0 unspecified atom stereocenters. The lowest BCUT2D eigenvalue weighted by molar-refractivity contribution is 0.112. The number of rotatable bonds is 4. The molecule has 1 aromatic heterocycles. The minimum atomic E-state index is 0.477. The summed E-state index contributed by atoms with van der Waals surface area (Å²) >= 11 is 0. The number of hydrogen-bond acceptors (Lipinski definition) is 3. The molecule has 3 rings (SSSR count). The zero-order valence-electron chi connectivity index (χ0n) is 10.2. The minimum Gasteiger partial charge on any atom is -0.497 e. The van der Waals surface area contributed by atoms with Crippen molar-refractivity contribution in [2.24, 2.45) is 0 Å². The van der Waals surface area contributed by atoms with E-state index in [2.05, 4.69) is 5.10 Å². The lowest BCUT2D eigenvalue weighted by atomic mass is 10.2. The molecule has 4 heteroatoms. The van der Waals surface area contributed by atoms with Crippen LogP contribution in [0.1, 0.15) is 34.8 Å². The molecular weight excluding hydrogens is 228 g/mol. The summed E-state index contributed by atoms with van der Waals surface area (Å²) in [5.41, 5.74) is 2.57. The number of aldehydes is 1. The first-order valence-electron chi connectivity index (χ1n) is 6.01. The molecule has 0 saturated heterocycles. The molecule has 0 radical (unpaired) electrons. The summed E-state index contributed by atoms with van der Waals surface area (Å²) in [5.74, 6) is 1.29. The third-order valence-electron chi connectivity index (χ3n) is 3.20. The van der Waals surface area contributed by atoms with Gasteiger partial charge in [-0.15, -0.1) is 0 Å². The second-order valence-electron chi connectivity index (χ2n) is 4.50. The maximum absolute atomic E-state index is 11.0. The number of nitrogens with zero attached hydrogens (tertiary/aromatic N) is 2. The van der Waals surface area contributed by atoms with Crippen LogP contribution in [-0.4, -0.2) is 23.2 Å². The Morgan fingerprint density at radius 2 is 2.06 bits per heavy atom. The van der Waals surface area contributed by atoms with E-state index in [-0.39, 0.29) is 0 Å². The normalized spacial score (nSPS) is 14.5. The molecule has 1 fully saturated rings. The summed E-state index contributed by atoms with van der Waals surface area (Å²) in [7, 11) is 1.64. The van der Waals surface area contributed by atoms with Crippen LogP contribution in [0.25, 0.3) is 5.69 Å². The van der Waals surface area contributed by atoms with E-state index >= 15 is 0 Å². The zero-order chi connectivity index (χ0) is 12.5. The number of benzene rings is 1. The lowest BCUT2D eigenvalue weighted by Gasteiger charge is -2.03. The van der Waals surface area contributed by atoms with E-state index in [0.717, 1.165) is 36.3 Å². The SMILES string of the molecule is COc1ccc(-n2cc(C=O)c(C3CC3)n2)cc1. The van der Waals surface area contributed by atoms with Gasteiger partial charge in [0.2, 0.25) is 0 Å². The highest BCUT2D eigenvalue weighted by Crippen LogP contribution is 2.40. The van der Waals surface area contributed by atoms with Crippen LogP contribution < -0.4 is 4.74 Å². The highest BCUT2D eigenvalue weighted by molar-refractivity contribution is 5.76. The first kappa shape index (κ1) is 11.0. The molecule has 1 aliphatic rings. The topological polar surface area (TPSA) is 44.1 Å². The van der Waals surface area contributed by atoms with Crippen LogP contribution in [-0.2, 0) is 0 Å². The van der Waals surface area contributed by atoms with Crippen molar-refractivity contribution in [1.29, 1.82) is 0 Å². The first-order chi connectivity index (χ1) is 8.81. The first-order valence-corrected chi connectivity index (χ1v) is 6.01. The third kappa shape index (κ3) is 1.90. The van der Waals surface area contributed by atoms with Gasteiger partial charge in [0.15, 0.2) is 6.29 Å². The maximum Gasteiger partial charge on any atom is 0.153 e. The summed E-state index contributed by atoms with van der Waals surface area (Å²) in [6.45, 7) is 0. The molecule has 0 atom stereocenters. The fraction of sp³-hybridized carbons (Fsp3) is 0.286. The average molecular weight is 242 g/mol. The van der Waals surface area contributed by atoms with Crippen molar-refractivity contribution in [3.8, 4) is 11.4 Å². The average Bonchev–Trinajstić information content (AvgIpc) is 3.18. The van der Waals surface area contributed by atoms with Gasteiger partial charge in [0, 0.05) is 12.1 Å².